The number of piperidine rings is 1. The minimum Gasteiger partial charge on any atom is -0.384 e. The van der Waals surface area contributed by atoms with E-state index in [2.05, 4.69) is 0 Å². The van der Waals surface area contributed by atoms with Crippen molar-refractivity contribution in [1.29, 1.82) is 0 Å². The summed E-state index contributed by atoms with van der Waals surface area (Å²) in [6, 6.07) is 0. The van der Waals surface area contributed by atoms with E-state index in [-0.39, 0.29) is 19.0 Å². The fourth-order valence-corrected chi connectivity index (χ4v) is 1.84. The number of ether oxygens (including phenoxy) is 1. The lowest BCUT2D eigenvalue weighted by atomic mass is 9.97. The van der Waals surface area contributed by atoms with Crippen molar-refractivity contribution >= 4 is 5.91 Å². The number of carbonyl (C=O) groups is 1. The number of likely N-dealkylation sites (tertiary alicyclic amines) is 1. The van der Waals surface area contributed by atoms with Gasteiger partial charge < -0.3 is 9.64 Å². The van der Waals surface area contributed by atoms with Crippen molar-refractivity contribution in [2.75, 3.05) is 26.8 Å². The van der Waals surface area contributed by atoms with E-state index in [1.165, 1.54) is 7.11 Å². The molecule has 0 N–H and O–H groups in total. The van der Waals surface area contributed by atoms with E-state index >= 15 is 0 Å². The molecule has 0 saturated carbocycles. The van der Waals surface area contributed by atoms with Crippen LogP contribution in [0.4, 0.5) is 17.6 Å². The van der Waals surface area contributed by atoms with Crippen LogP contribution in [0.1, 0.15) is 12.8 Å². The molecule has 0 radical (unpaired) electrons. The first kappa shape index (κ1) is 14.2. The Morgan fingerprint density at radius 2 is 1.94 bits per heavy atom. The predicted octanol–water partition coefficient (Wildman–Crippen LogP) is 1.77. The molecule has 1 heterocycles. The summed E-state index contributed by atoms with van der Waals surface area (Å²) in [4.78, 5) is 12.0. The Bertz CT molecular complexity index is 265. The monoisotopic (exact) mass is 257 g/mol. The van der Waals surface area contributed by atoms with Gasteiger partial charge >= 0.3 is 12.3 Å². The molecular weight excluding hydrogens is 242 g/mol. The van der Waals surface area contributed by atoms with Gasteiger partial charge in [-0.2, -0.15) is 8.78 Å². The smallest absolute Gasteiger partial charge is 0.383 e. The molecule has 1 amide bonds. The molecule has 7 heteroatoms. The van der Waals surface area contributed by atoms with Crippen molar-refractivity contribution in [3.05, 3.63) is 0 Å². The van der Waals surface area contributed by atoms with Crippen molar-refractivity contribution in [2.45, 2.75) is 25.2 Å². The zero-order chi connectivity index (χ0) is 13.1. The van der Waals surface area contributed by atoms with Crippen LogP contribution in [0, 0.1) is 5.92 Å². The fourth-order valence-electron chi connectivity index (χ4n) is 1.84. The highest BCUT2D eigenvalue weighted by molar-refractivity contribution is 5.84. The van der Waals surface area contributed by atoms with Crippen LogP contribution in [0.2, 0.25) is 0 Å². The molecule has 1 rings (SSSR count). The third-order valence-corrected chi connectivity index (χ3v) is 2.86. The molecule has 0 aromatic carbocycles. The molecule has 0 unspecified atom stereocenters. The number of halogens is 4. The van der Waals surface area contributed by atoms with Crippen LogP contribution in [0.25, 0.3) is 0 Å². The molecule has 0 bridgehead atoms. The highest BCUT2D eigenvalue weighted by atomic mass is 19.3. The highest BCUT2D eigenvalue weighted by Crippen LogP contribution is 2.28. The number of hydrogen-bond donors (Lipinski definition) is 0. The average molecular weight is 257 g/mol. The lowest BCUT2D eigenvalue weighted by Gasteiger charge is -2.33. The predicted molar refractivity (Wildman–Crippen MR) is 52.1 cm³/mol. The number of rotatable bonds is 4. The molecule has 0 spiro atoms. The maximum Gasteiger partial charge on any atom is 0.383 e. The normalized spacial score (nSPS) is 18.8. The van der Waals surface area contributed by atoms with Gasteiger partial charge in [0.2, 0.25) is 0 Å². The second-order valence-electron chi connectivity index (χ2n) is 4.11. The van der Waals surface area contributed by atoms with Gasteiger partial charge in [-0.1, -0.05) is 0 Å². The first-order valence-corrected chi connectivity index (χ1v) is 5.33. The van der Waals surface area contributed by atoms with Gasteiger partial charge in [-0.05, 0) is 18.8 Å². The SMILES string of the molecule is COCC1CCN(C(=O)C(F)(F)C(F)F)CC1. The van der Waals surface area contributed by atoms with Crippen LogP contribution >= 0.6 is 0 Å². The second-order valence-corrected chi connectivity index (χ2v) is 4.11. The largest absolute Gasteiger partial charge is 0.384 e. The molecule has 0 aromatic rings. The number of nitrogens with zero attached hydrogens (tertiary/aromatic N) is 1. The van der Waals surface area contributed by atoms with Crippen molar-refractivity contribution < 1.29 is 27.1 Å². The van der Waals surface area contributed by atoms with Crippen molar-refractivity contribution in [3.63, 3.8) is 0 Å². The van der Waals surface area contributed by atoms with E-state index < -0.39 is 18.3 Å². The molecule has 0 atom stereocenters. The molecular formula is C10H15F4NO2. The molecule has 17 heavy (non-hydrogen) atoms. The van der Waals surface area contributed by atoms with E-state index in [4.69, 9.17) is 4.74 Å². The summed E-state index contributed by atoms with van der Waals surface area (Å²) in [5.74, 6) is -6.15. The third-order valence-electron chi connectivity index (χ3n) is 2.86. The highest BCUT2D eigenvalue weighted by Gasteiger charge is 2.51. The van der Waals surface area contributed by atoms with Gasteiger partial charge in [0.15, 0.2) is 0 Å². The quantitative estimate of drug-likeness (QED) is 0.718. The zero-order valence-corrected chi connectivity index (χ0v) is 9.47. The second kappa shape index (κ2) is 5.66. The molecule has 0 aromatic heterocycles. The van der Waals surface area contributed by atoms with E-state index in [1.807, 2.05) is 0 Å². The first-order valence-electron chi connectivity index (χ1n) is 5.33. The number of alkyl halides is 4. The van der Waals surface area contributed by atoms with Crippen LogP contribution in [-0.4, -0.2) is 50.0 Å². The maximum atomic E-state index is 12.8. The molecule has 1 aliphatic rings. The Kier molecular flexibility index (Phi) is 4.73. The topological polar surface area (TPSA) is 29.5 Å². The Morgan fingerprint density at radius 3 is 2.35 bits per heavy atom. The van der Waals surface area contributed by atoms with Gasteiger partial charge in [-0.15, -0.1) is 0 Å². The Hall–Kier alpha value is -0.850. The van der Waals surface area contributed by atoms with Crippen molar-refractivity contribution in [2.24, 2.45) is 5.92 Å². The van der Waals surface area contributed by atoms with Crippen LogP contribution in [0.3, 0.4) is 0 Å². The fraction of sp³-hybridized carbons (Fsp3) is 0.900. The van der Waals surface area contributed by atoms with Crippen LogP contribution < -0.4 is 0 Å². The maximum absolute atomic E-state index is 12.8. The zero-order valence-electron chi connectivity index (χ0n) is 9.47. The Morgan fingerprint density at radius 1 is 1.41 bits per heavy atom. The molecule has 1 aliphatic heterocycles. The number of amides is 1. The van der Waals surface area contributed by atoms with E-state index in [0.717, 1.165) is 4.90 Å². The van der Waals surface area contributed by atoms with Crippen LogP contribution in [0.15, 0.2) is 0 Å². The van der Waals surface area contributed by atoms with Gasteiger partial charge in [0.05, 0.1) is 0 Å². The number of carbonyl (C=O) groups excluding carboxylic acids is 1. The lowest BCUT2D eigenvalue weighted by molar-refractivity contribution is -0.182. The summed E-state index contributed by atoms with van der Waals surface area (Å²) in [6.07, 6.45) is -2.95. The Balaban J connectivity index is 2.51. The number of hydrogen-bond acceptors (Lipinski definition) is 2. The molecule has 1 fully saturated rings. The lowest BCUT2D eigenvalue weighted by Crippen LogP contribution is -2.50. The van der Waals surface area contributed by atoms with Gasteiger partial charge in [0, 0.05) is 26.8 Å². The van der Waals surface area contributed by atoms with Crippen LogP contribution in [-0.2, 0) is 9.53 Å². The summed E-state index contributed by atoms with van der Waals surface area (Å²) in [7, 11) is 1.53. The average Bonchev–Trinajstić information content (AvgIpc) is 2.29. The Labute approximate surface area is 96.7 Å². The van der Waals surface area contributed by atoms with Gasteiger partial charge in [0.1, 0.15) is 0 Å². The number of methoxy groups -OCH3 is 1. The minimum absolute atomic E-state index is 0.0785. The summed E-state index contributed by atoms with van der Waals surface area (Å²) in [5.41, 5.74) is 0. The minimum atomic E-state index is -4.58. The first-order chi connectivity index (χ1) is 7.89. The van der Waals surface area contributed by atoms with E-state index in [1.54, 1.807) is 0 Å². The molecule has 3 nitrogen and oxygen atoms in total. The van der Waals surface area contributed by atoms with Crippen molar-refractivity contribution in [1.82, 2.24) is 4.90 Å². The molecule has 1 saturated heterocycles. The van der Waals surface area contributed by atoms with Gasteiger partial charge in [-0.3, -0.25) is 4.79 Å². The standard InChI is InChI=1S/C10H15F4NO2/c1-17-6-7-2-4-15(5-3-7)9(16)10(13,14)8(11)12/h7-8H,2-6H2,1H3. The van der Waals surface area contributed by atoms with E-state index in [0.29, 0.717) is 19.4 Å². The summed E-state index contributed by atoms with van der Waals surface area (Å²) >= 11 is 0. The summed E-state index contributed by atoms with van der Waals surface area (Å²) in [6.45, 7) is 0.650. The third kappa shape index (κ3) is 3.31. The van der Waals surface area contributed by atoms with Crippen molar-refractivity contribution in [3.8, 4) is 0 Å². The molecule has 0 aliphatic carbocycles. The van der Waals surface area contributed by atoms with Crippen LogP contribution in [0.5, 0.6) is 0 Å². The van der Waals surface area contributed by atoms with Gasteiger partial charge in [-0.25, -0.2) is 8.78 Å². The molecule has 100 valence electrons. The van der Waals surface area contributed by atoms with Gasteiger partial charge in [0.25, 0.3) is 5.91 Å². The summed E-state index contributed by atoms with van der Waals surface area (Å²) in [5, 5.41) is 0. The summed E-state index contributed by atoms with van der Waals surface area (Å²) < 4.78 is 54.5. The van der Waals surface area contributed by atoms with E-state index in [9.17, 15) is 22.4 Å².